The molecule has 0 fully saturated rings. The number of imidazole rings is 1. The lowest BCUT2D eigenvalue weighted by molar-refractivity contribution is -0.697. The third kappa shape index (κ3) is 5.57. The maximum absolute atomic E-state index is 12.1. The molecule has 4 N–H and O–H groups in total. The van der Waals surface area contributed by atoms with Crippen molar-refractivity contribution < 1.29 is 28.1 Å². The van der Waals surface area contributed by atoms with Gasteiger partial charge in [-0.05, 0) is 13.0 Å². The SMILES string of the molecule is C[C@H](Cn1cnc2c(N)ncnc21)OCP(=O)([O-])OCC[n+]1cccc(C(N)=O)c1. The summed E-state index contributed by atoms with van der Waals surface area (Å²) in [5.74, 6) is -0.300. The van der Waals surface area contributed by atoms with Gasteiger partial charge in [-0.3, -0.25) is 4.79 Å². The van der Waals surface area contributed by atoms with E-state index in [0.717, 1.165) is 0 Å². The summed E-state index contributed by atoms with van der Waals surface area (Å²) in [6, 6.07) is 3.21. The summed E-state index contributed by atoms with van der Waals surface area (Å²) in [4.78, 5) is 35.4. The van der Waals surface area contributed by atoms with Gasteiger partial charge in [-0.1, -0.05) is 0 Å². The minimum absolute atomic E-state index is 0.103. The number of nitrogen functional groups attached to an aromatic ring is 1. The Kier molecular flexibility index (Phi) is 6.73. The molecule has 3 rings (SSSR count). The third-order valence-electron chi connectivity index (χ3n) is 4.18. The van der Waals surface area contributed by atoms with E-state index in [1.54, 1.807) is 40.7 Å². The molecule has 2 atom stereocenters. The fraction of sp³-hybridized carbons (Fsp3) is 0.353. The Morgan fingerprint density at radius 1 is 1.40 bits per heavy atom. The van der Waals surface area contributed by atoms with E-state index >= 15 is 0 Å². The van der Waals surface area contributed by atoms with Crippen molar-refractivity contribution in [3.63, 3.8) is 0 Å². The summed E-state index contributed by atoms with van der Waals surface area (Å²) < 4.78 is 25.8. The molecule has 0 aliphatic carbocycles. The highest BCUT2D eigenvalue weighted by atomic mass is 31.2. The molecule has 0 bridgehead atoms. The van der Waals surface area contributed by atoms with Crippen LogP contribution in [0.5, 0.6) is 0 Å². The van der Waals surface area contributed by atoms with Crippen LogP contribution in [0.2, 0.25) is 0 Å². The maximum Gasteiger partial charge on any atom is 0.254 e. The summed E-state index contributed by atoms with van der Waals surface area (Å²) >= 11 is 0. The van der Waals surface area contributed by atoms with Crippen LogP contribution < -0.4 is 20.9 Å². The number of aromatic nitrogens is 5. The summed E-state index contributed by atoms with van der Waals surface area (Å²) in [5, 5.41) is 0. The molecule has 0 aliphatic rings. The quantitative estimate of drug-likeness (QED) is 0.312. The Morgan fingerprint density at radius 2 is 2.20 bits per heavy atom. The molecule has 0 saturated carbocycles. The number of hydrogen-bond donors (Lipinski definition) is 2. The zero-order chi connectivity index (χ0) is 21.7. The van der Waals surface area contributed by atoms with E-state index < -0.39 is 26.0 Å². The average molecular weight is 435 g/mol. The zero-order valence-electron chi connectivity index (χ0n) is 16.2. The van der Waals surface area contributed by atoms with Crippen LogP contribution in [0.4, 0.5) is 5.82 Å². The monoisotopic (exact) mass is 435 g/mol. The first-order chi connectivity index (χ1) is 14.2. The molecule has 160 valence electrons. The van der Waals surface area contributed by atoms with E-state index in [2.05, 4.69) is 15.0 Å². The molecule has 3 heterocycles. The molecular formula is C17H22N7O5P. The number of ether oxygens (including phenoxy) is 1. The second kappa shape index (κ2) is 9.26. The molecule has 0 aromatic carbocycles. The summed E-state index contributed by atoms with van der Waals surface area (Å²) in [6.07, 6.45) is 5.04. The van der Waals surface area contributed by atoms with Crippen molar-refractivity contribution in [1.29, 1.82) is 0 Å². The van der Waals surface area contributed by atoms with Crippen molar-refractivity contribution in [2.75, 3.05) is 18.7 Å². The van der Waals surface area contributed by atoms with Crippen LogP contribution in [0.3, 0.4) is 0 Å². The van der Waals surface area contributed by atoms with E-state index in [1.807, 2.05) is 0 Å². The molecule has 12 nitrogen and oxygen atoms in total. The standard InChI is InChI=1S/C17H22N7O5P/c1-12(7-24-10-22-14-15(18)20-9-21-17(14)24)28-11-30(26,27)29-6-5-23-4-2-3-13(8-23)16(19)25/h2-4,8-10,12H,5-7,11H2,1H3,(H4-,18,19,20,21,25,26,27)/t12-/m1/s1. The van der Waals surface area contributed by atoms with E-state index in [0.29, 0.717) is 23.3 Å². The fourth-order valence-electron chi connectivity index (χ4n) is 2.71. The lowest BCUT2D eigenvalue weighted by Crippen LogP contribution is -2.37. The predicted molar refractivity (Wildman–Crippen MR) is 104 cm³/mol. The number of carbonyl (C=O) groups excluding carboxylic acids is 1. The normalized spacial score (nSPS) is 14.5. The number of rotatable bonds is 10. The van der Waals surface area contributed by atoms with Crippen LogP contribution >= 0.6 is 7.60 Å². The zero-order valence-corrected chi connectivity index (χ0v) is 17.1. The molecule has 0 aliphatic heterocycles. The maximum atomic E-state index is 12.1. The van der Waals surface area contributed by atoms with Crippen LogP contribution in [0, 0.1) is 0 Å². The number of anilines is 1. The first-order valence-electron chi connectivity index (χ1n) is 9.01. The second-order valence-corrected chi connectivity index (χ2v) is 8.31. The molecule has 0 spiro atoms. The molecule has 1 amide bonds. The Bertz CT molecular complexity index is 1090. The first-order valence-corrected chi connectivity index (χ1v) is 10.7. The number of amides is 1. The van der Waals surface area contributed by atoms with Gasteiger partial charge in [-0.2, -0.15) is 0 Å². The van der Waals surface area contributed by atoms with E-state index in [4.69, 9.17) is 20.7 Å². The average Bonchev–Trinajstić information content (AvgIpc) is 3.11. The lowest BCUT2D eigenvalue weighted by Gasteiger charge is -2.24. The van der Waals surface area contributed by atoms with Gasteiger partial charge >= 0.3 is 0 Å². The van der Waals surface area contributed by atoms with Crippen molar-refractivity contribution in [3.8, 4) is 0 Å². The topological polar surface area (TPSA) is 175 Å². The van der Waals surface area contributed by atoms with Gasteiger partial charge < -0.3 is 34.8 Å². The molecule has 0 radical (unpaired) electrons. The fourth-order valence-corrected chi connectivity index (χ4v) is 3.58. The molecular weight excluding hydrogens is 413 g/mol. The molecule has 0 saturated heterocycles. The Hall–Kier alpha value is -2.92. The molecule has 3 aromatic heterocycles. The van der Waals surface area contributed by atoms with Gasteiger partial charge in [-0.15, -0.1) is 0 Å². The van der Waals surface area contributed by atoms with Gasteiger partial charge in [0.2, 0.25) is 0 Å². The van der Waals surface area contributed by atoms with E-state index in [-0.39, 0.29) is 19.0 Å². The van der Waals surface area contributed by atoms with Gasteiger partial charge in [0.15, 0.2) is 38.0 Å². The molecule has 3 aromatic rings. The van der Waals surface area contributed by atoms with Crippen molar-refractivity contribution in [3.05, 3.63) is 42.7 Å². The van der Waals surface area contributed by atoms with Crippen LogP contribution in [0.25, 0.3) is 11.2 Å². The second-order valence-electron chi connectivity index (χ2n) is 6.57. The largest absolute Gasteiger partial charge is 0.777 e. The van der Waals surface area contributed by atoms with Crippen molar-refractivity contribution in [2.24, 2.45) is 5.73 Å². The summed E-state index contributed by atoms with van der Waals surface area (Å²) in [5.41, 5.74) is 12.3. The minimum atomic E-state index is -4.21. The van der Waals surface area contributed by atoms with Gasteiger partial charge in [0.25, 0.3) is 5.91 Å². The Morgan fingerprint density at radius 3 is 2.97 bits per heavy atom. The van der Waals surface area contributed by atoms with E-state index in [1.165, 1.54) is 12.5 Å². The summed E-state index contributed by atoms with van der Waals surface area (Å²) in [6.45, 7) is 2.17. The van der Waals surface area contributed by atoms with Crippen LogP contribution in [-0.4, -0.2) is 44.5 Å². The number of nitrogens with zero attached hydrogens (tertiary/aromatic N) is 5. The summed E-state index contributed by atoms with van der Waals surface area (Å²) in [7, 11) is -4.21. The van der Waals surface area contributed by atoms with Gasteiger partial charge in [-0.25, -0.2) is 19.5 Å². The number of primary amides is 1. The lowest BCUT2D eigenvalue weighted by atomic mass is 10.3. The van der Waals surface area contributed by atoms with Crippen LogP contribution in [0.1, 0.15) is 17.3 Å². The molecule has 1 unspecified atom stereocenters. The number of carbonyl (C=O) groups is 1. The third-order valence-corrected chi connectivity index (χ3v) is 5.22. The predicted octanol–water partition coefficient (Wildman–Crippen LogP) is -0.572. The van der Waals surface area contributed by atoms with Crippen molar-refractivity contribution in [2.45, 2.75) is 26.1 Å². The van der Waals surface area contributed by atoms with Gasteiger partial charge in [0, 0.05) is 6.07 Å². The first kappa shape index (κ1) is 21.8. The number of hydrogen-bond acceptors (Lipinski definition) is 9. The minimum Gasteiger partial charge on any atom is -0.777 e. The number of fused-ring (bicyclic) bond motifs is 1. The highest BCUT2D eigenvalue weighted by Gasteiger charge is 2.16. The number of pyridine rings is 1. The highest BCUT2D eigenvalue weighted by Crippen LogP contribution is 2.36. The van der Waals surface area contributed by atoms with Crippen molar-refractivity contribution in [1.82, 2.24) is 19.5 Å². The highest BCUT2D eigenvalue weighted by molar-refractivity contribution is 7.51. The Balaban J connectivity index is 1.48. The van der Waals surface area contributed by atoms with Gasteiger partial charge in [0.1, 0.15) is 30.4 Å². The molecule has 30 heavy (non-hydrogen) atoms. The smallest absolute Gasteiger partial charge is 0.254 e. The van der Waals surface area contributed by atoms with Gasteiger partial charge in [0.05, 0.1) is 19.0 Å². The molecule has 13 heteroatoms. The Labute approximate surface area is 172 Å². The van der Waals surface area contributed by atoms with Crippen LogP contribution in [0.15, 0.2) is 37.2 Å². The number of nitrogens with two attached hydrogens (primary N) is 2. The van der Waals surface area contributed by atoms with Crippen LogP contribution in [-0.2, 0) is 26.9 Å². The van der Waals surface area contributed by atoms with Crippen molar-refractivity contribution >= 4 is 30.5 Å². The van der Waals surface area contributed by atoms with E-state index in [9.17, 15) is 14.3 Å².